The van der Waals surface area contributed by atoms with Gasteiger partial charge in [0.25, 0.3) is 0 Å². The van der Waals surface area contributed by atoms with Crippen LogP contribution in [-0.2, 0) is 9.53 Å². The van der Waals surface area contributed by atoms with E-state index in [-0.39, 0.29) is 24.1 Å². The second kappa shape index (κ2) is 7.32. The molecule has 0 radical (unpaired) electrons. The summed E-state index contributed by atoms with van der Waals surface area (Å²) in [5.41, 5.74) is 1.13. The lowest BCUT2D eigenvalue weighted by Crippen LogP contribution is -2.51. The monoisotopic (exact) mass is 326 g/mol. The first-order valence-electron chi connectivity index (χ1n) is 8.66. The molecular weight excluding hydrogens is 300 g/mol. The molecule has 4 nitrogen and oxygen atoms in total. The summed E-state index contributed by atoms with van der Waals surface area (Å²) in [6.45, 7) is 8.11. The fraction of sp³-hybridized carbons (Fsp3) is 0.450. The van der Waals surface area contributed by atoms with Crippen molar-refractivity contribution >= 4 is 16.7 Å². The SMILES string of the molecule is CC1CN(CC(=O)NC(C)c2ccc3ccccc3c2)C(C)CO1. The van der Waals surface area contributed by atoms with Crippen LogP contribution in [0, 0.1) is 0 Å². The molecule has 0 spiro atoms. The molecule has 1 aliphatic heterocycles. The number of nitrogens with one attached hydrogen (secondary N) is 1. The summed E-state index contributed by atoms with van der Waals surface area (Å²) >= 11 is 0. The van der Waals surface area contributed by atoms with Crippen LogP contribution in [0.15, 0.2) is 42.5 Å². The Morgan fingerprint density at radius 3 is 2.79 bits per heavy atom. The zero-order chi connectivity index (χ0) is 17.1. The Bertz CT molecular complexity index is 716. The van der Waals surface area contributed by atoms with Gasteiger partial charge in [-0.15, -0.1) is 0 Å². The molecule has 1 fully saturated rings. The van der Waals surface area contributed by atoms with E-state index in [9.17, 15) is 4.79 Å². The lowest BCUT2D eigenvalue weighted by molar-refractivity contribution is -0.126. The van der Waals surface area contributed by atoms with Crippen LogP contribution in [0.25, 0.3) is 10.8 Å². The fourth-order valence-corrected chi connectivity index (χ4v) is 3.22. The third kappa shape index (κ3) is 3.94. The van der Waals surface area contributed by atoms with Crippen LogP contribution in [0.3, 0.4) is 0 Å². The summed E-state index contributed by atoms with van der Waals surface area (Å²) < 4.78 is 5.62. The van der Waals surface area contributed by atoms with E-state index < -0.39 is 0 Å². The van der Waals surface area contributed by atoms with E-state index in [0.29, 0.717) is 13.2 Å². The molecule has 1 saturated heterocycles. The number of fused-ring (bicyclic) bond motifs is 1. The maximum Gasteiger partial charge on any atom is 0.234 e. The van der Waals surface area contributed by atoms with Crippen LogP contribution in [0.2, 0.25) is 0 Å². The average molecular weight is 326 g/mol. The number of rotatable bonds is 4. The predicted molar refractivity (Wildman–Crippen MR) is 97.0 cm³/mol. The zero-order valence-corrected chi connectivity index (χ0v) is 14.7. The molecule has 0 bridgehead atoms. The van der Waals surface area contributed by atoms with Gasteiger partial charge in [-0.25, -0.2) is 0 Å². The number of hydrogen-bond donors (Lipinski definition) is 1. The van der Waals surface area contributed by atoms with Crippen molar-refractivity contribution in [3.05, 3.63) is 48.0 Å². The second-order valence-corrected chi connectivity index (χ2v) is 6.82. The Morgan fingerprint density at radius 2 is 2.00 bits per heavy atom. The number of amides is 1. The van der Waals surface area contributed by atoms with E-state index in [1.54, 1.807) is 0 Å². The van der Waals surface area contributed by atoms with Crippen LogP contribution in [-0.4, -0.2) is 42.6 Å². The average Bonchev–Trinajstić information content (AvgIpc) is 2.57. The number of carbonyl (C=O) groups excluding carboxylic acids is 1. The van der Waals surface area contributed by atoms with Crippen molar-refractivity contribution in [2.24, 2.45) is 0 Å². The van der Waals surface area contributed by atoms with Gasteiger partial charge < -0.3 is 10.1 Å². The van der Waals surface area contributed by atoms with Crippen molar-refractivity contribution in [1.82, 2.24) is 10.2 Å². The number of morpholine rings is 1. The topological polar surface area (TPSA) is 41.6 Å². The molecule has 128 valence electrons. The smallest absolute Gasteiger partial charge is 0.234 e. The largest absolute Gasteiger partial charge is 0.376 e. The molecule has 1 N–H and O–H groups in total. The number of carbonyl (C=O) groups is 1. The highest BCUT2D eigenvalue weighted by molar-refractivity contribution is 5.83. The summed E-state index contributed by atoms with van der Waals surface area (Å²) in [5.74, 6) is 0.0663. The Balaban J connectivity index is 1.62. The lowest BCUT2D eigenvalue weighted by atomic mass is 10.0. The van der Waals surface area contributed by atoms with Gasteiger partial charge in [0.2, 0.25) is 5.91 Å². The Labute approximate surface area is 143 Å². The zero-order valence-electron chi connectivity index (χ0n) is 14.7. The number of benzene rings is 2. The highest BCUT2D eigenvalue weighted by Gasteiger charge is 2.25. The van der Waals surface area contributed by atoms with Crippen molar-refractivity contribution in [3.63, 3.8) is 0 Å². The lowest BCUT2D eigenvalue weighted by Gasteiger charge is -2.36. The van der Waals surface area contributed by atoms with Gasteiger partial charge in [-0.2, -0.15) is 0 Å². The van der Waals surface area contributed by atoms with Crippen LogP contribution in [0.1, 0.15) is 32.4 Å². The van der Waals surface area contributed by atoms with Gasteiger partial charge in [0.05, 0.1) is 25.3 Å². The van der Waals surface area contributed by atoms with E-state index in [1.807, 2.05) is 19.1 Å². The summed E-state index contributed by atoms with van der Waals surface area (Å²) in [6, 6.07) is 14.9. The van der Waals surface area contributed by atoms with Crippen LogP contribution >= 0.6 is 0 Å². The van der Waals surface area contributed by atoms with Gasteiger partial charge >= 0.3 is 0 Å². The van der Waals surface area contributed by atoms with Gasteiger partial charge in [0.15, 0.2) is 0 Å². The molecule has 3 unspecified atom stereocenters. The third-order valence-electron chi connectivity index (χ3n) is 4.73. The van der Waals surface area contributed by atoms with Crippen molar-refractivity contribution in [2.45, 2.75) is 39.0 Å². The van der Waals surface area contributed by atoms with Gasteiger partial charge in [-0.3, -0.25) is 9.69 Å². The highest BCUT2D eigenvalue weighted by atomic mass is 16.5. The first-order valence-corrected chi connectivity index (χ1v) is 8.66. The van der Waals surface area contributed by atoms with E-state index in [4.69, 9.17) is 4.74 Å². The van der Waals surface area contributed by atoms with Gasteiger partial charge in [0, 0.05) is 12.6 Å². The molecular formula is C20H26N2O2. The molecule has 3 rings (SSSR count). The highest BCUT2D eigenvalue weighted by Crippen LogP contribution is 2.20. The Hall–Kier alpha value is -1.91. The Morgan fingerprint density at radius 1 is 1.25 bits per heavy atom. The standard InChI is InChI=1S/C20H26N2O2/c1-14-13-24-15(2)11-22(14)12-20(23)21-16(3)18-9-8-17-6-4-5-7-19(17)10-18/h4-10,14-16H,11-13H2,1-3H3,(H,21,23). The minimum absolute atomic E-state index is 0.00382. The molecule has 24 heavy (non-hydrogen) atoms. The van der Waals surface area contributed by atoms with Crippen molar-refractivity contribution in [3.8, 4) is 0 Å². The van der Waals surface area contributed by atoms with Crippen LogP contribution in [0.5, 0.6) is 0 Å². The van der Waals surface area contributed by atoms with E-state index in [1.165, 1.54) is 10.8 Å². The maximum atomic E-state index is 12.4. The molecule has 0 saturated carbocycles. The van der Waals surface area contributed by atoms with Crippen LogP contribution < -0.4 is 5.32 Å². The summed E-state index contributed by atoms with van der Waals surface area (Å²) in [7, 11) is 0. The number of nitrogens with zero attached hydrogens (tertiary/aromatic N) is 1. The number of ether oxygens (including phenoxy) is 1. The molecule has 4 heteroatoms. The summed E-state index contributed by atoms with van der Waals surface area (Å²) in [5, 5.41) is 5.54. The maximum absolute atomic E-state index is 12.4. The summed E-state index contributed by atoms with van der Waals surface area (Å²) in [6.07, 6.45) is 0.187. The summed E-state index contributed by atoms with van der Waals surface area (Å²) in [4.78, 5) is 14.6. The van der Waals surface area contributed by atoms with E-state index in [2.05, 4.69) is 54.4 Å². The second-order valence-electron chi connectivity index (χ2n) is 6.82. The molecule has 1 aliphatic rings. The van der Waals surface area contributed by atoms with Gasteiger partial charge in [0.1, 0.15) is 0 Å². The van der Waals surface area contributed by atoms with E-state index in [0.717, 1.165) is 12.1 Å². The molecule has 0 aliphatic carbocycles. The minimum atomic E-state index is -0.00382. The third-order valence-corrected chi connectivity index (χ3v) is 4.73. The van der Waals surface area contributed by atoms with Crippen molar-refractivity contribution < 1.29 is 9.53 Å². The predicted octanol–water partition coefficient (Wildman–Crippen LogP) is 3.13. The van der Waals surface area contributed by atoms with Crippen LogP contribution in [0.4, 0.5) is 0 Å². The van der Waals surface area contributed by atoms with E-state index >= 15 is 0 Å². The first kappa shape index (κ1) is 16.9. The van der Waals surface area contributed by atoms with Crippen molar-refractivity contribution in [1.29, 1.82) is 0 Å². The first-order chi connectivity index (χ1) is 11.5. The Kier molecular flexibility index (Phi) is 5.17. The molecule has 2 aromatic rings. The molecule has 1 amide bonds. The normalized spacial score (nSPS) is 23.1. The quantitative estimate of drug-likeness (QED) is 0.938. The van der Waals surface area contributed by atoms with Crippen molar-refractivity contribution in [2.75, 3.05) is 19.7 Å². The van der Waals surface area contributed by atoms with Gasteiger partial charge in [-0.1, -0.05) is 36.4 Å². The number of hydrogen-bond acceptors (Lipinski definition) is 3. The molecule has 0 aromatic heterocycles. The molecule has 1 heterocycles. The fourth-order valence-electron chi connectivity index (χ4n) is 3.22. The van der Waals surface area contributed by atoms with Gasteiger partial charge in [-0.05, 0) is 43.2 Å². The molecule has 2 aromatic carbocycles. The minimum Gasteiger partial charge on any atom is -0.376 e. The molecule has 3 atom stereocenters.